The van der Waals surface area contributed by atoms with Crippen LogP contribution in [0.2, 0.25) is 0 Å². The van der Waals surface area contributed by atoms with Crippen molar-refractivity contribution in [2.75, 3.05) is 0 Å². The van der Waals surface area contributed by atoms with E-state index in [1.54, 1.807) is 0 Å². The number of aromatic nitrogens is 1. The summed E-state index contributed by atoms with van der Waals surface area (Å²) in [7, 11) is 0. The molecule has 0 saturated heterocycles. The van der Waals surface area contributed by atoms with E-state index in [0.717, 1.165) is 18.4 Å². The number of nitrogens with one attached hydrogen (secondary N) is 1. The van der Waals surface area contributed by atoms with Crippen LogP contribution in [-0.2, 0) is 6.42 Å². The van der Waals surface area contributed by atoms with E-state index in [2.05, 4.69) is 48.5 Å². The molecule has 0 aliphatic heterocycles. The van der Waals surface area contributed by atoms with Gasteiger partial charge in [0.2, 0.25) is 0 Å². The Morgan fingerprint density at radius 2 is 2.05 bits per heavy atom. The Kier molecular flexibility index (Phi) is 4.88. The van der Waals surface area contributed by atoms with Crippen molar-refractivity contribution in [3.8, 4) is 0 Å². The van der Waals surface area contributed by atoms with Crippen LogP contribution < -0.4 is 11.3 Å². The lowest BCUT2D eigenvalue weighted by atomic mass is 9.94. The van der Waals surface area contributed by atoms with E-state index in [4.69, 9.17) is 5.84 Å². The average molecular weight is 257 g/mol. The summed E-state index contributed by atoms with van der Waals surface area (Å²) < 4.78 is 0. The van der Waals surface area contributed by atoms with Gasteiger partial charge in [-0.3, -0.25) is 16.3 Å². The van der Waals surface area contributed by atoms with E-state index >= 15 is 0 Å². The molecule has 1 heterocycles. The van der Waals surface area contributed by atoms with Gasteiger partial charge in [0.15, 0.2) is 0 Å². The topological polar surface area (TPSA) is 50.9 Å². The Bertz CT molecular complexity index is 519. The average Bonchev–Trinajstić information content (AvgIpc) is 2.46. The van der Waals surface area contributed by atoms with Crippen molar-refractivity contribution in [3.05, 3.63) is 42.1 Å². The molecule has 0 aliphatic carbocycles. The molecule has 0 radical (unpaired) electrons. The standard InChI is InChI=1S/C16H23N3/c1-3-12(2)10-14(19-17)11-13-8-9-18-16-7-5-4-6-15(13)16/h4-9,12,14,19H,3,10-11,17H2,1-2H3. The van der Waals surface area contributed by atoms with Crippen LogP contribution in [0.4, 0.5) is 0 Å². The van der Waals surface area contributed by atoms with E-state index in [0.29, 0.717) is 12.0 Å². The lowest BCUT2D eigenvalue weighted by Crippen LogP contribution is -2.38. The lowest BCUT2D eigenvalue weighted by molar-refractivity contribution is 0.397. The van der Waals surface area contributed by atoms with Gasteiger partial charge in [-0.15, -0.1) is 0 Å². The Hall–Kier alpha value is -1.45. The maximum atomic E-state index is 5.70. The summed E-state index contributed by atoms with van der Waals surface area (Å²) in [5, 5.41) is 1.23. The molecule has 0 bridgehead atoms. The maximum Gasteiger partial charge on any atom is 0.0704 e. The van der Waals surface area contributed by atoms with Crippen molar-refractivity contribution < 1.29 is 0 Å². The highest BCUT2D eigenvalue weighted by molar-refractivity contribution is 5.81. The van der Waals surface area contributed by atoms with Crippen LogP contribution in [0, 0.1) is 5.92 Å². The zero-order chi connectivity index (χ0) is 13.7. The summed E-state index contributed by atoms with van der Waals surface area (Å²) in [6.07, 6.45) is 5.12. The monoisotopic (exact) mass is 257 g/mol. The molecular formula is C16H23N3. The zero-order valence-electron chi connectivity index (χ0n) is 11.8. The molecular weight excluding hydrogens is 234 g/mol. The maximum absolute atomic E-state index is 5.70. The van der Waals surface area contributed by atoms with Gasteiger partial charge >= 0.3 is 0 Å². The minimum Gasteiger partial charge on any atom is -0.271 e. The predicted octanol–water partition coefficient (Wildman–Crippen LogP) is 3.05. The fraction of sp³-hybridized carbons (Fsp3) is 0.438. The number of nitrogens with zero attached hydrogens (tertiary/aromatic N) is 1. The second-order valence-corrected chi connectivity index (χ2v) is 5.30. The minimum absolute atomic E-state index is 0.320. The van der Waals surface area contributed by atoms with Crippen LogP contribution in [0.15, 0.2) is 36.5 Å². The van der Waals surface area contributed by atoms with Crippen LogP contribution in [0.3, 0.4) is 0 Å². The third kappa shape index (κ3) is 3.52. The van der Waals surface area contributed by atoms with Crippen molar-refractivity contribution in [1.82, 2.24) is 10.4 Å². The van der Waals surface area contributed by atoms with Gasteiger partial charge in [0.25, 0.3) is 0 Å². The molecule has 102 valence electrons. The molecule has 2 atom stereocenters. The molecule has 0 aliphatic rings. The molecule has 3 nitrogen and oxygen atoms in total. The smallest absolute Gasteiger partial charge is 0.0704 e. The molecule has 2 rings (SSSR count). The normalized spacial score (nSPS) is 14.5. The lowest BCUT2D eigenvalue weighted by Gasteiger charge is -2.20. The summed E-state index contributed by atoms with van der Waals surface area (Å²) in [6, 6.07) is 10.7. The molecule has 3 heteroatoms. The molecule has 3 N–H and O–H groups in total. The van der Waals surface area contributed by atoms with Crippen LogP contribution in [0.1, 0.15) is 32.3 Å². The van der Waals surface area contributed by atoms with Crippen molar-refractivity contribution in [3.63, 3.8) is 0 Å². The van der Waals surface area contributed by atoms with Gasteiger partial charge < -0.3 is 0 Å². The summed E-state index contributed by atoms with van der Waals surface area (Å²) in [5.41, 5.74) is 5.33. The van der Waals surface area contributed by atoms with Gasteiger partial charge in [0, 0.05) is 17.6 Å². The number of para-hydroxylation sites is 1. The highest BCUT2D eigenvalue weighted by Gasteiger charge is 2.13. The summed E-state index contributed by atoms with van der Waals surface area (Å²) in [4.78, 5) is 4.40. The third-order valence-corrected chi connectivity index (χ3v) is 3.83. The van der Waals surface area contributed by atoms with E-state index < -0.39 is 0 Å². The Morgan fingerprint density at radius 1 is 1.26 bits per heavy atom. The molecule has 19 heavy (non-hydrogen) atoms. The number of hydrogen-bond donors (Lipinski definition) is 2. The fourth-order valence-corrected chi connectivity index (χ4v) is 2.46. The minimum atomic E-state index is 0.320. The fourth-order valence-electron chi connectivity index (χ4n) is 2.46. The van der Waals surface area contributed by atoms with Gasteiger partial charge in [0.1, 0.15) is 0 Å². The number of fused-ring (bicyclic) bond motifs is 1. The number of hydrogen-bond acceptors (Lipinski definition) is 3. The highest BCUT2D eigenvalue weighted by Crippen LogP contribution is 2.20. The summed E-state index contributed by atoms with van der Waals surface area (Å²) in [6.45, 7) is 4.50. The molecule has 0 saturated carbocycles. The molecule has 1 aromatic heterocycles. The van der Waals surface area contributed by atoms with Crippen LogP contribution in [0.25, 0.3) is 10.9 Å². The molecule has 0 spiro atoms. The largest absolute Gasteiger partial charge is 0.271 e. The summed E-state index contributed by atoms with van der Waals surface area (Å²) in [5.74, 6) is 6.39. The third-order valence-electron chi connectivity index (χ3n) is 3.83. The van der Waals surface area contributed by atoms with E-state index in [9.17, 15) is 0 Å². The first kappa shape index (κ1) is 14.0. The first-order valence-corrected chi connectivity index (χ1v) is 7.03. The quantitative estimate of drug-likeness (QED) is 0.617. The van der Waals surface area contributed by atoms with Gasteiger partial charge in [0.05, 0.1) is 5.52 Å². The van der Waals surface area contributed by atoms with Crippen molar-refractivity contribution in [2.24, 2.45) is 11.8 Å². The van der Waals surface area contributed by atoms with Crippen LogP contribution >= 0.6 is 0 Å². The van der Waals surface area contributed by atoms with Gasteiger partial charge in [-0.1, -0.05) is 38.5 Å². The number of nitrogens with two attached hydrogens (primary N) is 1. The first-order chi connectivity index (χ1) is 9.24. The number of benzene rings is 1. The molecule has 0 fully saturated rings. The second-order valence-electron chi connectivity index (χ2n) is 5.30. The van der Waals surface area contributed by atoms with Crippen molar-refractivity contribution >= 4 is 10.9 Å². The zero-order valence-corrected chi connectivity index (χ0v) is 11.8. The number of rotatable bonds is 6. The molecule has 1 aromatic carbocycles. The van der Waals surface area contributed by atoms with Gasteiger partial charge in [-0.25, -0.2) is 0 Å². The Balaban J connectivity index is 2.19. The van der Waals surface area contributed by atoms with Gasteiger partial charge in [-0.05, 0) is 36.5 Å². The Morgan fingerprint density at radius 3 is 2.79 bits per heavy atom. The molecule has 2 aromatic rings. The molecule has 0 amide bonds. The van der Waals surface area contributed by atoms with E-state index in [1.807, 2.05) is 12.3 Å². The highest BCUT2D eigenvalue weighted by atomic mass is 15.2. The molecule has 2 unspecified atom stereocenters. The SMILES string of the molecule is CCC(C)CC(Cc1ccnc2ccccc12)NN. The number of pyridine rings is 1. The van der Waals surface area contributed by atoms with Crippen LogP contribution in [-0.4, -0.2) is 11.0 Å². The van der Waals surface area contributed by atoms with Gasteiger partial charge in [-0.2, -0.15) is 0 Å². The summed E-state index contributed by atoms with van der Waals surface area (Å²) >= 11 is 0. The van der Waals surface area contributed by atoms with E-state index in [-0.39, 0.29) is 0 Å². The van der Waals surface area contributed by atoms with Crippen molar-refractivity contribution in [1.29, 1.82) is 0 Å². The second kappa shape index (κ2) is 6.64. The van der Waals surface area contributed by atoms with E-state index in [1.165, 1.54) is 17.4 Å². The van der Waals surface area contributed by atoms with Crippen molar-refractivity contribution in [2.45, 2.75) is 39.2 Å². The predicted molar refractivity (Wildman–Crippen MR) is 80.6 cm³/mol. The van der Waals surface area contributed by atoms with Crippen LogP contribution in [0.5, 0.6) is 0 Å². The Labute approximate surface area is 115 Å². The number of hydrazine groups is 1. The first-order valence-electron chi connectivity index (χ1n) is 7.03.